The van der Waals surface area contributed by atoms with Gasteiger partial charge in [0, 0.05) is 18.7 Å². The predicted molar refractivity (Wildman–Crippen MR) is 64.7 cm³/mol. The lowest BCUT2D eigenvalue weighted by atomic mass is 10.0. The summed E-state index contributed by atoms with van der Waals surface area (Å²) in [6.07, 6.45) is 1.97. The summed E-state index contributed by atoms with van der Waals surface area (Å²) in [5.74, 6) is 0.183. The Balaban J connectivity index is 2.64. The summed E-state index contributed by atoms with van der Waals surface area (Å²) in [4.78, 5) is 22.5. The van der Waals surface area contributed by atoms with Crippen LogP contribution in [0.1, 0.15) is 30.6 Å². The standard InChI is InChI=1S/C12H18N2O3/c1-8(2)5-10(6-13)14-12(16)9-3-4-11(15)17-7-9/h3-4,7-8,10H,5-6,13H2,1-2H3,(H,14,16). The molecule has 0 aliphatic carbocycles. The topological polar surface area (TPSA) is 85.3 Å². The van der Waals surface area contributed by atoms with Crippen LogP contribution in [0, 0.1) is 5.92 Å². The fourth-order valence-electron chi connectivity index (χ4n) is 1.54. The fraction of sp³-hybridized carbons (Fsp3) is 0.500. The summed E-state index contributed by atoms with van der Waals surface area (Å²) in [5.41, 5.74) is 5.44. The number of amides is 1. The highest BCUT2D eigenvalue weighted by Gasteiger charge is 2.14. The van der Waals surface area contributed by atoms with Crippen molar-refractivity contribution in [2.75, 3.05) is 6.54 Å². The van der Waals surface area contributed by atoms with E-state index in [2.05, 4.69) is 23.6 Å². The Kier molecular flexibility index (Phi) is 4.90. The lowest BCUT2D eigenvalue weighted by Gasteiger charge is -2.18. The van der Waals surface area contributed by atoms with Crippen LogP contribution >= 0.6 is 0 Å². The Labute approximate surface area is 100 Å². The Morgan fingerprint density at radius 1 is 1.47 bits per heavy atom. The summed E-state index contributed by atoms with van der Waals surface area (Å²) in [6, 6.07) is 2.59. The minimum absolute atomic E-state index is 0.0607. The van der Waals surface area contributed by atoms with Crippen LogP contribution in [0.5, 0.6) is 0 Å². The van der Waals surface area contributed by atoms with Crippen LogP contribution in [0.15, 0.2) is 27.6 Å². The van der Waals surface area contributed by atoms with Gasteiger partial charge in [-0.1, -0.05) is 13.8 Å². The van der Waals surface area contributed by atoms with Crippen molar-refractivity contribution in [3.63, 3.8) is 0 Å². The summed E-state index contributed by atoms with van der Waals surface area (Å²) >= 11 is 0. The molecule has 0 aliphatic heterocycles. The van der Waals surface area contributed by atoms with Crippen molar-refractivity contribution in [2.24, 2.45) is 11.7 Å². The molecule has 1 amide bonds. The summed E-state index contributed by atoms with van der Waals surface area (Å²) in [5, 5.41) is 2.81. The van der Waals surface area contributed by atoms with Crippen LogP contribution < -0.4 is 16.7 Å². The van der Waals surface area contributed by atoms with E-state index in [4.69, 9.17) is 5.73 Å². The summed E-state index contributed by atoms with van der Waals surface area (Å²) in [7, 11) is 0. The third kappa shape index (κ3) is 4.40. The molecule has 1 unspecified atom stereocenters. The second-order valence-electron chi connectivity index (χ2n) is 4.38. The smallest absolute Gasteiger partial charge is 0.335 e. The second kappa shape index (κ2) is 6.20. The highest BCUT2D eigenvalue weighted by atomic mass is 16.4. The molecule has 94 valence electrons. The Bertz CT molecular complexity index is 406. The first-order valence-corrected chi connectivity index (χ1v) is 5.62. The predicted octanol–water partition coefficient (Wildman–Crippen LogP) is 0.743. The quantitative estimate of drug-likeness (QED) is 0.792. The van der Waals surface area contributed by atoms with Gasteiger partial charge in [-0.2, -0.15) is 0 Å². The molecule has 1 atom stereocenters. The number of nitrogens with one attached hydrogen (secondary N) is 1. The van der Waals surface area contributed by atoms with Crippen molar-refractivity contribution >= 4 is 5.91 Å². The molecule has 5 nitrogen and oxygen atoms in total. The van der Waals surface area contributed by atoms with E-state index >= 15 is 0 Å². The maximum atomic E-state index is 11.8. The molecule has 0 spiro atoms. The summed E-state index contributed by atoms with van der Waals surface area (Å²) < 4.78 is 4.63. The lowest BCUT2D eigenvalue weighted by Crippen LogP contribution is -2.41. The average Bonchev–Trinajstić information content (AvgIpc) is 2.28. The zero-order valence-corrected chi connectivity index (χ0v) is 10.1. The van der Waals surface area contributed by atoms with Crippen LogP contribution in [0.4, 0.5) is 0 Å². The zero-order chi connectivity index (χ0) is 12.8. The largest absolute Gasteiger partial charge is 0.430 e. The third-order valence-electron chi connectivity index (χ3n) is 2.34. The number of carbonyl (C=O) groups is 1. The van der Waals surface area contributed by atoms with Gasteiger partial charge >= 0.3 is 5.63 Å². The molecule has 1 heterocycles. The van der Waals surface area contributed by atoms with E-state index in [-0.39, 0.29) is 11.9 Å². The molecule has 5 heteroatoms. The van der Waals surface area contributed by atoms with Gasteiger partial charge in [0.15, 0.2) is 0 Å². The van der Waals surface area contributed by atoms with Crippen molar-refractivity contribution in [1.82, 2.24) is 5.32 Å². The first-order valence-electron chi connectivity index (χ1n) is 5.62. The highest BCUT2D eigenvalue weighted by molar-refractivity contribution is 5.93. The summed E-state index contributed by atoms with van der Waals surface area (Å²) in [6.45, 7) is 4.52. The normalized spacial score (nSPS) is 12.5. The van der Waals surface area contributed by atoms with Crippen LogP contribution in [0.3, 0.4) is 0 Å². The van der Waals surface area contributed by atoms with Crippen LogP contribution in [0.25, 0.3) is 0 Å². The van der Waals surface area contributed by atoms with Gasteiger partial charge in [0.2, 0.25) is 0 Å². The van der Waals surface area contributed by atoms with E-state index in [9.17, 15) is 9.59 Å². The highest BCUT2D eigenvalue weighted by Crippen LogP contribution is 2.05. The first-order chi connectivity index (χ1) is 8.02. The number of hydrogen-bond acceptors (Lipinski definition) is 4. The minimum atomic E-state index is -0.473. The van der Waals surface area contributed by atoms with Crippen molar-refractivity contribution in [3.05, 3.63) is 34.4 Å². The molecule has 1 aromatic heterocycles. The molecule has 1 aromatic rings. The molecule has 0 fully saturated rings. The molecular weight excluding hydrogens is 220 g/mol. The average molecular weight is 238 g/mol. The van der Waals surface area contributed by atoms with E-state index in [0.29, 0.717) is 18.0 Å². The van der Waals surface area contributed by atoms with Gasteiger partial charge in [-0.05, 0) is 18.4 Å². The maximum Gasteiger partial charge on any atom is 0.335 e. The first kappa shape index (κ1) is 13.4. The third-order valence-corrected chi connectivity index (χ3v) is 2.34. The van der Waals surface area contributed by atoms with E-state index < -0.39 is 5.63 Å². The zero-order valence-electron chi connectivity index (χ0n) is 10.1. The monoisotopic (exact) mass is 238 g/mol. The molecule has 0 aromatic carbocycles. The second-order valence-corrected chi connectivity index (χ2v) is 4.38. The molecule has 0 saturated heterocycles. The van der Waals surface area contributed by atoms with Crippen molar-refractivity contribution in [2.45, 2.75) is 26.3 Å². The van der Waals surface area contributed by atoms with Gasteiger partial charge < -0.3 is 15.5 Å². The lowest BCUT2D eigenvalue weighted by molar-refractivity contribution is 0.0931. The minimum Gasteiger partial charge on any atom is -0.430 e. The number of carbonyl (C=O) groups excluding carboxylic acids is 1. The number of nitrogens with two attached hydrogens (primary N) is 1. The molecule has 1 rings (SSSR count). The van der Waals surface area contributed by atoms with E-state index in [1.54, 1.807) is 0 Å². The number of rotatable bonds is 5. The molecule has 0 radical (unpaired) electrons. The SMILES string of the molecule is CC(C)CC(CN)NC(=O)c1ccc(=O)oc1. The van der Waals surface area contributed by atoms with Crippen molar-refractivity contribution in [3.8, 4) is 0 Å². The van der Waals surface area contributed by atoms with Gasteiger partial charge in [-0.25, -0.2) is 4.79 Å². The Morgan fingerprint density at radius 3 is 2.65 bits per heavy atom. The van der Waals surface area contributed by atoms with Crippen molar-refractivity contribution in [1.29, 1.82) is 0 Å². The van der Waals surface area contributed by atoms with Crippen LogP contribution in [-0.2, 0) is 0 Å². The molecule has 3 N–H and O–H groups in total. The molecule has 0 saturated carbocycles. The van der Waals surface area contributed by atoms with Gasteiger partial charge in [0.05, 0.1) is 5.56 Å². The van der Waals surface area contributed by atoms with Gasteiger partial charge in [-0.3, -0.25) is 4.79 Å². The Morgan fingerprint density at radius 2 is 2.18 bits per heavy atom. The van der Waals surface area contributed by atoms with Crippen LogP contribution in [-0.4, -0.2) is 18.5 Å². The van der Waals surface area contributed by atoms with Gasteiger partial charge in [-0.15, -0.1) is 0 Å². The molecule has 0 aliphatic rings. The molecule has 0 bridgehead atoms. The van der Waals surface area contributed by atoms with Gasteiger partial charge in [0.1, 0.15) is 6.26 Å². The van der Waals surface area contributed by atoms with E-state index in [1.807, 2.05) is 0 Å². The van der Waals surface area contributed by atoms with Gasteiger partial charge in [0.25, 0.3) is 5.91 Å². The van der Waals surface area contributed by atoms with E-state index in [1.165, 1.54) is 12.1 Å². The Hall–Kier alpha value is -1.62. The molecular formula is C12H18N2O3. The molecule has 17 heavy (non-hydrogen) atoms. The van der Waals surface area contributed by atoms with Crippen molar-refractivity contribution < 1.29 is 9.21 Å². The number of hydrogen-bond donors (Lipinski definition) is 2. The van der Waals surface area contributed by atoms with E-state index in [0.717, 1.165) is 12.7 Å². The maximum absolute atomic E-state index is 11.8. The fourth-order valence-corrected chi connectivity index (χ4v) is 1.54. The van der Waals surface area contributed by atoms with Crippen LogP contribution in [0.2, 0.25) is 0 Å².